The van der Waals surface area contributed by atoms with Crippen LogP contribution < -0.4 is 5.73 Å². The van der Waals surface area contributed by atoms with Gasteiger partial charge in [-0.1, -0.05) is 101 Å². The fraction of sp³-hybridized carbons (Fsp3) is 0.769. The first-order chi connectivity index (χ1) is 14.2. The first kappa shape index (κ1) is 24.4. The van der Waals surface area contributed by atoms with Crippen molar-refractivity contribution in [3.63, 3.8) is 0 Å². The van der Waals surface area contributed by atoms with E-state index in [1.165, 1.54) is 69.8 Å². The number of piperidine rings is 1. The lowest BCUT2D eigenvalue weighted by molar-refractivity contribution is -0.0272. The zero-order valence-electron chi connectivity index (χ0n) is 19.0. The van der Waals surface area contributed by atoms with Crippen LogP contribution in [0.2, 0.25) is 0 Å². The molecule has 1 saturated heterocycles. The molecule has 1 aromatic carbocycles. The predicted molar refractivity (Wildman–Crippen MR) is 125 cm³/mol. The molecule has 0 aliphatic carbocycles. The maximum atomic E-state index is 10.6. The fourth-order valence-corrected chi connectivity index (χ4v) is 4.83. The van der Waals surface area contributed by atoms with Gasteiger partial charge < -0.3 is 10.8 Å². The molecule has 1 aliphatic heterocycles. The molecular weight excluding hydrogens is 356 g/mol. The van der Waals surface area contributed by atoms with Gasteiger partial charge >= 0.3 is 0 Å². The summed E-state index contributed by atoms with van der Waals surface area (Å²) in [5, 5.41) is 10.6. The summed E-state index contributed by atoms with van der Waals surface area (Å²) in [6.45, 7) is 4.87. The zero-order chi connectivity index (χ0) is 20.8. The molecule has 1 heterocycles. The van der Waals surface area contributed by atoms with E-state index in [4.69, 9.17) is 5.73 Å². The molecule has 1 unspecified atom stereocenters. The molecule has 0 aromatic heterocycles. The van der Waals surface area contributed by atoms with Crippen LogP contribution in [0, 0.1) is 0 Å². The number of nitrogens with two attached hydrogens (primary N) is 1. The normalized spacial score (nSPS) is 18.0. The van der Waals surface area contributed by atoms with Gasteiger partial charge in [-0.3, -0.25) is 4.90 Å². The van der Waals surface area contributed by atoms with Gasteiger partial charge in [0.15, 0.2) is 0 Å². The summed E-state index contributed by atoms with van der Waals surface area (Å²) in [6.07, 6.45) is 17.6. The molecule has 0 bridgehead atoms. The van der Waals surface area contributed by atoms with Crippen LogP contribution in [0.3, 0.4) is 0 Å². The van der Waals surface area contributed by atoms with Crippen LogP contribution in [0.25, 0.3) is 0 Å². The van der Waals surface area contributed by atoms with Crippen molar-refractivity contribution in [1.82, 2.24) is 4.90 Å². The lowest BCUT2D eigenvalue weighted by Crippen LogP contribution is -2.49. The lowest BCUT2D eigenvalue weighted by Gasteiger charge is -2.43. The van der Waals surface area contributed by atoms with E-state index in [2.05, 4.69) is 42.2 Å². The number of benzene rings is 1. The van der Waals surface area contributed by atoms with Gasteiger partial charge in [-0.2, -0.15) is 0 Å². The van der Waals surface area contributed by atoms with Gasteiger partial charge in [0.1, 0.15) is 6.23 Å². The van der Waals surface area contributed by atoms with E-state index in [-0.39, 0.29) is 11.6 Å². The summed E-state index contributed by atoms with van der Waals surface area (Å²) in [6, 6.07) is 10.7. The minimum Gasteiger partial charge on any atom is -0.378 e. The van der Waals surface area contributed by atoms with Gasteiger partial charge in [-0.05, 0) is 31.2 Å². The quantitative estimate of drug-likeness (QED) is 0.354. The van der Waals surface area contributed by atoms with Crippen LogP contribution in [0.1, 0.15) is 102 Å². The molecule has 0 saturated carbocycles. The maximum absolute atomic E-state index is 10.6. The number of aliphatic hydroxyl groups is 1. The van der Waals surface area contributed by atoms with Gasteiger partial charge in [0.2, 0.25) is 0 Å². The average Bonchev–Trinajstić information content (AvgIpc) is 2.78. The van der Waals surface area contributed by atoms with Gasteiger partial charge in [0, 0.05) is 25.0 Å². The van der Waals surface area contributed by atoms with E-state index in [1.54, 1.807) is 0 Å². The minimum atomic E-state index is -0.278. The Balaban J connectivity index is 1.54. The van der Waals surface area contributed by atoms with Crippen molar-refractivity contribution in [2.45, 2.75) is 108 Å². The topological polar surface area (TPSA) is 49.5 Å². The molecule has 0 spiro atoms. The molecule has 0 amide bonds. The predicted octanol–water partition coefficient (Wildman–Crippen LogP) is 6.00. The highest BCUT2D eigenvalue weighted by Crippen LogP contribution is 2.35. The van der Waals surface area contributed by atoms with E-state index < -0.39 is 0 Å². The third kappa shape index (κ3) is 8.39. The molecule has 1 atom stereocenters. The average molecular weight is 403 g/mol. The van der Waals surface area contributed by atoms with Crippen molar-refractivity contribution in [2.24, 2.45) is 5.73 Å². The van der Waals surface area contributed by atoms with Gasteiger partial charge in [-0.25, -0.2) is 0 Å². The number of hydrogen-bond acceptors (Lipinski definition) is 3. The third-order valence-corrected chi connectivity index (χ3v) is 7.02. The summed E-state index contributed by atoms with van der Waals surface area (Å²) < 4.78 is 0. The number of hydrogen-bond donors (Lipinski definition) is 2. The SMILES string of the molecule is CCCCCCCCCCCCCC(O)N1CCC(CN)(c2ccccc2)CC1. The zero-order valence-corrected chi connectivity index (χ0v) is 19.0. The molecule has 3 N–H and O–H groups in total. The molecule has 1 fully saturated rings. The van der Waals surface area contributed by atoms with Gasteiger partial charge in [0.05, 0.1) is 0 Å². The second-order valence-corrected chi connectivity index (χ2v) is 9.19. The molecule has 29 heavy (non-hydrogen) atoms. The van der Waals surface area contributed by atoms with Crippen molar-refractivity contribution < 1.29 is 5.11 Å². The Morgan fingerprint density at radius 1 is 0.862 bits per heavy atom. The van der Waals surface area contributed by atoms with E-state index in [9.17, 15) is 5.11 Å². The summed E-state index contributed by atoms with van der Waals surface area (Å²) in [5.41, 5.74) is 7.64. The number of likely N-dealkylation sites (tertiary alicyclic amines) is 1. The Morgan fingerprint density at radius 2 is 1.38 bits per heavy atom. The molecule has 3 nitrogen and oxygen atoms in total. The monoisotopic (exact) mass is 402 g/mol. The first-order valence-electron chi connectivity index (χ1n) is 12.4. The van der Waals surface area contributed by atoms with E-state index in [0.29, 0.717) is 6.54 Å². The Morgan fingerprint density at radius 3 is 1.90 bits per heavy atom. The fourth-order valence-electron chi connectivity index (χ4n) is 4.83. The molecule has 3 heteroatoms. The molecule has 2 rings (SSSR count). The highest BCUT2D eigenvalue weighted by Gasteiger charge is 2.36. The van der Waals surface area contributed by atoms with E-state index >= 15 is 0 Å². The molecule has 1 aromatic rings. The number of aliphatic hydroxyl groups excluding tert-OH is 1. The van der Waals surface area contributed by atoms with Crippen molar-refractivity contribution in [3.8, 4) is 0 Å². The van der Waals surface area contributed by atoms with Crippen LogP contribution in [0.4, 0.5) is 0 Å². The smallest absolute Gasteiger partial charge is 0.107 e. The van der Waals surface area contributed by atoms with Crippen LogP contribution in [-0.2, 0) is 5.41 Å². The standard InChI is InChI=1S/C26H46N2O/c1-2-3-4-5-6-7-8-9-10-11-15-18-25(29)28-21-19-26(23-27,20-22-28)24-16-13-12-14-17-24/h12-14,16-17,25,29H,2-11,15,18-23,27H2,1H3. The Hall–Kier alpha value is -0.900. The highest BCUT2D eigenvalue weighted by atomic mass is 16.3. The Labute approximate surface area is 180 Å². The van der Waals surface area contributed by atoms with Crippen LogP contribution in [-0.4, -0.2) is 35.9 Å². The second-order valence-electron chi connectivity index (χ2n) is 9.19. The van der Waals surface area contributed by atoms with Gasteiger partial charge in [0.25, 0.3) is 0 Å². The molecule has 1 aliphatic rings. The Bertz CT molecular complexity index is 511. The summed E-state index contributed by atoms with van der Waals surface area (Å²) in [4.78, 5) is 2.27. The summed E-state index contributed by atoms with van der Waals surface area (Å²) in [7, 11) is 0. The van der Waals surface area contributed by atoms with Gasteiger partial charge in [-0.15, -0.1) is 0 Å². The van der Waals surface area contributed by atoms with E-state index in [0.717, 1.165) is 38.8 Å². The minimum absolute atomic E-state index is 0.0913. The maximum Gasteiger partial charge on any atom is 0.107 e. The first-order valence-corrected chi connectivity index (χ1v) is 12.4. The molecular formula is C26H46N2O. The largest absolute Gasteiger partial charge is 0.378 e. The van der Waals surface area contributed by atoms with E-state index in [1.807, 2.05) is 0 Å². The van der Waals surface area contributed by atoms with Crippen LogP contribution in [0.15, 0.2) is 30.3 Å². The molecule has 0 radical (unpaired) electrons. The van der Waals surface area contributed by atoms with Crippen molar-refractivity contribution in [2.75, 3.05) is 19.6 Å². The van der Waals surface area contributed by atoms with Crippen molar-refractivity contribution in [3.05, 3.63) is 35.9 Å². The Kier molecular flexibility index (Phi) is 11.9. The lowest BCUT2D eigenvalue weighted by atomic mass is 9.73. The van der Waals surface area contributed by atoms with Crippen molar-refractivity contribution in [1.29, 1.82) is 0 Å². The van der Waals surface area contributed by atoms with Crippen LogP contribution in [0.5, 0.6) is 0 Å². The number of unbranched alkanes of at least 4 members (excludes halogenated alkanes) is 10. The number of rotatable bonds is 15. The van der Waals surface area contributed by atoms with Crippen LogP contribution >= 0.6 is 0 Å². The second kappa shape index (κ2) is 14.2. The summed E-state index contributed by atoms with van der Waals surface area (Å²) in [5.74, 6) is 0. The molecule has 166 valence electrons. The summed E-state index contributed by atoms with van der Waals surface area (Å²) >= 11 is 0. The van der Waals surface area contributed by atoms with Crippen molar-refractivity contribution >= 4 is 0 Å². The third-order valence-electron chi connectivity index (χ3n) is 7.02. The number of nitrogens with zero attached hydrogens (tertiary/aromatic N) is 1. The highest BCUT2D eigenvalue weighted by molar-refractivity contribution is 5.26.